The van der Waals surface area contributed by atoms with Crippen LogP contribution in [-0.2, 0) is 10.2 Å². The first-order valence-corrected chi connectivity index (χ1v) is 7.71. The standard InChI is InChI=1S/C13H13F3N4O2S/c1-20(2)23(21,22)19-11-6-3-8(7-17-11)18-10-5-4-9(14)12(15)13(10)16/h3-7,18H,1-2H3,(H,17,19). The van der Waals surface area contributed by atoms with Crippen LogP contribution in [0.2, 0.25) is 0 Å². The van der Waals surface area contributed by atoms with Gasteiger partial charge in [-0.1, -0.05) is 0 Å². The quantitative estimate of drug-likeness (QED) is 0.816. The number of nitrogens with one attached hydrogen (secondary N) is 2. The monoisotopic (exact) mass is 346 g/mol. The summed E-state index contributed by atoms with van der Waals surface area (Å²) in [5, 5.41) is 2.52. The summed E-state index contributed by atoms with van der Waals surface area (Å²) in [5.41, 5.74) is -0.00460. The van der Waals surface area contributed by atoms with E-state index in [9.17, 15) is 21.6 Å². The topological polar surface area (TPSA) is 74.3 Å². The molecule has 2 N–H and O–H groups in total. The van der Waals surface area contributed by atoms with E-state index in [4.69, 9.17) is 0 Å². The second kappa shape index (κ2) is 6.42. The molecule has 0 bridgehead atoms. The lowest BCUT2D eigenvalue weighted by atomic mass is 10.2. The van der Waals surface area contributed by atoms with Gasteiger partial charge in [-0.15, -0.1) is 0 Å². The molecule has 1 aromatic heterocycles. The number of rotatable bonds is 5. The van der Waals surface area contributed by atoms with Crippen LogP contribution in [0.3, 0.4) is 0 Å². The molecule has 0 radical (unpaired) electrons. The highest BCUT2D eigenvalue weighted by atomic mass is 32.2. The fourth-order valence-corrected chi connectivity index (χ4v) is 2.10. The van der Waals surface area contributed by atoms with Crippen molar-refractivity contribution in [3.05, 3.63) is 47.9 Å². The van der Waals surface area contributed by atoms with Crippen LogP contribution < -0.4 is 10.0 Å². The number of pyridine rings is 1. The normalized spacial score (nSPS) is 11.6. The van der Waals surface area contributed by atoms with Crippen LogP contribution in [-0.4, -0.2) is 31.8 Å². The highest BCUT2D eigenvalue weighted by molar-refractivity contribution is 7.90. The molecule has 124 valence electrons. The molecule has 0 aliphatic carbocycles. The van der Waals surface area contributed by atoms with E-state index in [-0.39, 0.29) is 17.2 Å². The molecule has 6 nitrogen and oxygen atoms in total. The molecule has 0 aliphatic heterocycles. The van der Waals surface area contributed by atoms with Gasteiger partial charge >= 0.3 is 10.2 Å². The SMILES string of the molecule is CN(C)S(=O)(=O)Nc1ccc(Nc2ccc(F)c(F)c2F)cn1. The summed E-state index contributed by atoms with van der Waals surface area (Å²) in [6, 6.07) is 4.56. The van der Waals surface area contributed by atoms with Crippen molar-refractivity contribution >= 4 is 27.4 Å². The maximum atomic E-state index is 13.5. The van der Waals surface area contributed by atoms with Gasteiger partial charge in [-0.3, -0.25) is 4.72 Å². The third-order valence-corrected chi connectivity index (χ3v) is 4.22. The highest BCUT2D eigenvalue weighted by Gasteiger charge is 2.15. The smallest absolute Gasteiger partial charge is 0.302 e. The Kier molecular flexibility index (Phi) is 4.76. The molecule has 0 atom stereocenters. The molecular weight excluding hydrogens is 333 g/mol. The molecule has 0 fully saturated rings. The minimum atomic E-state index is -3.69. The molecule has 1 heterocycles. The molecule has 0 amide bonds. The number of halogens is 3. The molecule has 2 aromatic rings. The van der Waals surface area contributed by atoms with Crippen molar-refractivity contribution in [1.82, 2.24) is 9.29 Å². The Morgan fingerprint density at radius 3 is 2.30 bits per heavy atom. The molecular formula is C13H13F3N4O2S. The summed E-state index contributed by atoms with van der Waals surface area (Å²) in [5.74, 6) is -4.18. The van der Waals surface area contributed by atoms with Crippen LogP contribution in [0.4, 0.5) is 30.4 Å². The maximum absolute atomic E-state index is 13.5. The predicted octanol–water partition coefficient (Wildman–Crippen LogP) is 2.46. The van der Waals surface area contributed by atoms with Crippen molar-refractivity contribution in [3.8, 4) is 0 Å². The lowest BCUT2D eigenvalue weighted by Crippen LogP contribution is -2.29. The Hall–Kier alpha value is -2.33. The molecule has 0 aliphatic rings. The predicted molar refractivity (Wildman–Crippen MR) is 80.1 cm³/mol. The first-order chi connectivity index (χ1) is 10.7. The summed E-state index contributed by atoms with van der Waals surface area (Å²) in [6.07, 6.45) is 1.22. The molecule has 0 saturated carbocycles. The lowest BCUT2D eigenvalue weighted by Gasteiger charge is -2.13. The molecule has 0 unspecified atom stereocenters. The van der Waals surface area contributed by atoms with Gasteiger partial charge in [0.15, 0.2) is 17.5 Å². The zero-order chi connectivity index (χ0) is 17.2. The number of nitrogens with zero attached hydrogens (tertiary/aromatic N) is 2. The first-order valence-electron chi connectivity index (χ1n) is 6.27. The summed E-state index contributed by atoms with van der Waals surface area (Å²) >= 11 is 0. The van der Waals surface area contributed by atoms with Gasteiger partial charge in [0.2, 0.25) is 0 Å². The van der Waals surface area contributed by atoms with Crippen molar-refractivity contribution in [2.75, 3.05) is 24.1 Å². The van der Waals surface area contributed by atoms with E-state index < -0.39 is 27.7 Å². The minimum Gasteiger partial charge on any atom is -0.352 e. The second-order valence-electron chi connectivity index (χ2n) is 4.67. The fraction of sp³-hybridized carbons (Fsp3) is 0.154. The van der Waals surface area contributed by atoms with Crippen LogP contribution in [0.5, 0.6) is 0 Å². The zero-order valence-corrected chi connectivity index (χ0v) is 13.0. The molecule has 0 saturated heterocycles. The Balaban J connectivity index is 2.17. The Labute approximate surface area is 131 Å². The van der Waals surface area contributed by atoms with Gasteiger partial charge in [0.1, 0.15) is 5.82 Å². The molecule has 2 rings (SSSR count). The lowest BCUT2D eigenvalue weighted by molar-refractivity contribution is 0.449. The minimum absolute atomic E-state index is 0.0509. The maximum Gasteiger partial charge on any atom is 0.302 e. The van der Waals surface area contributed by atoms with Gasteiger partial charge in [0.05, 0.1) is 17.6 Å². The highest BCUT2D eigenvalue weighted by Crippen LogP contribution is 2.23. The van der Waals surface area contributed by atoms with Crippen molar-refractivity contribution < 1.29 is 21.6 Å². The first kappa shape index (κ1) is 17.0. The van der Waals surface area contributed by atoms with Crippen LogP contribution in [0, 0.1) is 17.5 Å². The van der Waals surface area contributed by atoms with Crippen molar-refractivity contribution in [3.63, 3.8) is 0 Å². The van der Waals surface area contributed by atoms with E-state index in [2.05, 4.69) is 15.0 Å². The fourth-order valence-electron chi connectivity index (χ4n) is 1.53. The van der Waals surface area contributed by atoms with Crippen LogP contribution in [0.25, 0.3) is 0 Å². The Bertz CT molecular complexity index is 811. The van der Waals surface area contributed by atoms with Gasteiger partial charge in [-0.2, -0.15) is 12.7 Å². The third kappa shape index (κ3) is 3.90. The van der Waals surface area contributed by atoms with E-state index in [1.54, 1.807) is 0 Å². The summed E-state index contributed by atoms with van der Waals surface area (Å²) < 4.78 is 66.0. The number of hydrogen-bond acceptors (Lipinski definition) is 4. The zero-order valence-electron chi connectivity index (χ0n) is 12.1. The number of benzene rings is 1. The van der Waals surface area contributed by atoms with Gasteiger partial charge in [-0.25, -0.2) is 18.2 Å². The Morgan fingerprint density at radius 2 is 1.74 bits per heavy atom. The molecule has 23 heavy (non-hydrogen) atoms. The number of hydrogen-bond donors (Lipinski definition) is 2. The van der Waals surface area contributed by atoms with Crippen molar-refractivity contribution in [1.29, 1.82) is 0 Å². The molecule has 10 heteroatoms. The number of anilines is 3. The van der Waals surface area contributed by atoms with E-state index >= 15 is 0 Å². The summed E-state index contributed by atoms with van der Waals surface area (Å²) in [7, 11) is -0.988. The van der Waals surface area contributed by atoms with Crippen LogP contribution in [0.1, 0.15) is 0 Å². The van der Waals surface area contributed by atoms with Gasteiger partial charge in [0.25, 0.3) is 0 Å². The second-order valence-corrected chi connectivity index (χ2v) is 6.55. The third-order valence-electron chi connectivity index (χ3n) is 2.79. The van der Waals surface area contributed by atoms with Gasteiger partial charge in [-0.05, 0) is 24.3 Å². The van der Waals surface area contributed by atoms with Crippen LogP contribution in [0.15, 0.2) is 30.5 Å². The van der Waals surface area contributed by atoms with Crippen molar-refractivity contribution in [2.24, 2.45) is 0 Å². The Morgan fingerprint density at radius 1 is 1.04 bits per heavy atom. The average Bonchev–Trinajstić information content (AvgIpc) is 2.49. The van der Waals surface area contributed by atoms with Crippen LogP contribution >= 0.6 is 0 Å². The van der Waals surface area contributed by atoms with Gasteiger partial charge in [0, 0.05) is 14.1 Å². The van der Waals surface area contributed by atoms with E-state index in [1.807, 2.05) is 0 Å². The van der Waals surface area contributed by atoms with E-state index in [1.165, 1.54) is 32.4 Å². The summed E-state index contributed by atoms with van der Waals surface area (Å²) in [4.78, 5) is 3.84. The van der Waals surface area contributed by atoms with Crippen molar-refractivity contribution in [2.45, 2.75) is 0 Å². The molecule has 0 spiro atoms. The van der Waals surface area contributed by atoms with Gasteiger partial charge < -0.3 is 5.32 Å². The summed E-state index contributed by atoms with van der Waals surface area (Å²) in [6.45, 7) is 0. The number of aromatic nitrogens is 1. The average molecular weight is 346 g/mol. The molecule has 1 aromatic carbocycles. The van der Waals surface area contributed by atoms with E-state index in [0.29, 0.717) is 0 Å². The largest absolute Gasteiger partial charge is 0.352 e. The van der Waals surface area contributed by atoms with E-state index in [0.717, 1.165) is 16.4 Å².